The van der Waals surface area contributed by atoms with Crippen LogP contribution in [0.4, 0.5) is 0 Å². The Bertz CT molecular complexity index is 344. The van der Waals surface area contributed by atoms with E-state index in [4.69, 9.17) is 4.74 Å². The SMILES string of the molecule is CCCC1SCC(C(=O)O)N1C(=O)C(C)(CC)OC. The van der Waals surface area contributed by atoms with E-state index < -0.39 is 17.6 Å². The van der Waals surface area contributed by atoms with Crippen LogP contribution in [0.3, 0.4) is 0 Å². The van der Waals surface area contributed by atoms with Crippen LogP contribution < -0.4 is 0 Å². The van der Waals surface area contributed by atoms with Gasteiger partial charge in [-0.1, -0.05) is 20.3 Å². The van der Waals surface area contributed by atoms with Crippen molar-refractivity contribution in [2.24, 2.45) is 0 Å². The molecule has 0 saturated carbocycles. The smallest absolute Gasteiger partial charge is 0.327 e. The molecule has 0 aliphatic carbocycles. The maximum atomic E-state index is 12.7. The van der Waals surface area contributed by atoms with Crippen molar-refractivity contribution in [3.8, 4) is 0 Å². The number of carboxylic acids is 1. The number of hydrogen-bond donors (Lipinski definition) is 1. The Morgan fingerprint density at radius 3 is 2.53 bits per heavy atom. The Hall–Kier alpha value is -0.750. The number of nitrogens with zero attached hydrogens (tertiary/aromatic N) is 1. The summed E-state index contributed by atoms with van der Waals surface area (Å²) in [5, 5.41) is 9.23. The highest BCUT2D eigenvalue weighted by atomic mass is 32.2. The van der Waals surface area contributed by atoms with Crippen LogP contribution in [0.25, 0.3) is 0 Å². The molecule has 0 aromatic carbocycles. The lowest BCUT2D eigenvalue weighted by atomic mass is 10.00. The average molecular weight is 289 g/mol. The molecule has 110 valence electrons. The third-order valence-corrected chi connectivity index (χ3v) is 5.08. The number of hydrogen-bond acceptors (Lipinski definition) is 4. The summed E-state index contributed by atoms with van der Waals surface area (Å²) in [6.45, 7) is 5.63. The molecule has 1 aliphatic rings. The number of methoxy groups -OCH3 is 1. The lowest BCUT2D eigenvalue weighted by Gasteiger charge is -2.35. The van der Waals surface area contributed by atoms with Gasteiger partial charge in [0.05, 0.1) is 5.37 Å². The monoisotopic (exact) mass is 289 g/mol. The zero-order chi connectivity index (χ0) is 14.6. The summed E-state index contributed by atoms with van der Waals surface area (Å²) >= 11 is 1.55. The van der Waals surface area contributed by atoms with Crippen molar-refractivity contribution in [3.05, 3.63) is 0 Å². The summed E-state index contributed by atoms with van der Waals surface area (Å²) < 4.78 is 5.32. The molecule has 0 aromatic heterocycles. The number of carboxylic acid groups (broad SMARTS) is 1. The summed E-state index contributed by atoms with van der Waals surface area (Å²) in [6, 6.07) is -0.741. The van der Waals surface area contributed by atoms with E-state index >= 15 is 0 Å². The molecule has 1 aliphatic heterocycles. The van der Waals surface area contributed by atoms with E-state index in [1.165, 1.54) is 12.0 Å². The van der Waals surface area contributed by atoms with E-state index in [0.29, 0.717) is 12.2 Å². The molecule has 3 atom stereocenters. The van der Waals surface area contributed by atoms with Gasteiger partial charge in [0.1, 0.15) is 11.6 Å². The Morgan fingerprint density at radius 1 is 1.47 bits per heavy atom. The first-order chi connectivity index (χ1) is 8.91. The van der Waals surface area contributed by atoms with E-state index in [9.17, 15) is 14.7 Å². The second kappa shape index (κ2) is 6.61. The summed E-state index contributed by atoms with van der Waals surface area (Å²) in [5.41, 5.74) is -0.940. The van der Waals surface area contributed by atoms with Gasteiger partial charge in [-0.3, -0.25) is 4.79 Å². The van der Waals surface area contributed by atoms with E-state index in [1.54, 1.807) is 18.7 Å². The minimum Gasteiger partial charge on any atom is -0.480 e. The molecule has 6 heteroatoms. The van der Waals surface area contributed by atoms with Gasteiger partial charge in [-0.25, -0.2) is 4.79 Å². The standard InChI is InChI=1S/C13H23NO4S/c1-5-7-10-14(9(8-19-10)11(15)16)12(17)13(3,6-2)18-4/h9-10H,5-8H2,1-4H3,(H,15,16). The van der Waals surface area contributed by atoms with Gasteiger partial charge in [-0.15, -0.1) is 11.8 Å². The molecule has 0 aromatic rings. The molecule has 1 amide bonds. The van der Waals surface area contributed by atoms with Crippen LogP contribution in [0, 0.1) is 0 Å². The number of carbonyl (C=O) groups is 2. The molecule has 1 rings (SSSR count). The van der Waals surface area contributed by atoms with Crippen molar-refractivity contribution >= 4 is 23.6 Å². The highest BCUT2D eigenvalue weighted by Gasteiger charge is 2.47. The van der Waals surface area contributed by atoms with Crippen molar-refractivity contribution in [3.63, 3.8) is 0 Å². The van der Waals surface area contributed by atoms with Crippen molar-refractivity contribution in [2.75, 3.05) is 12.9 Å². The molecule has 0 bridgehead atoms. The number of aliphatic carboxylic acids is 1. The van der Waals surface area contributed by atoms with E-state index in [2.05, 4.69) is 0 Å². The lowest BCUT2D eigenvalue weighted by Crippen LogP contribution is -2.54. The fourth-order valence-corrected chi connectivity index (χ4v) is 3.66. The quantitative estimate of drug-likeness (QED) is 0.809. The van der Waals surface area contributed by atoms with Crippen LogP contribution >= 0.6 is 11.8 Å². The summed E-state index contributed by atoms with van der Waals surface area (Å²) in [4.78, 5) is 25.5. The van der Waals surface area contributed by atoms with Crippen molar-refractivity contribution in [2.45, 2.75) is 57.1 Å². The molecular weight excluding hydrogens is 266 g/mol. The predicted octanol–water partition coefficient (Wildman–Crippen LogP) is 1.96. The molecule has 0 radical (unpaired) electrons. The fraction of sp³-hybridized carbons (Fsp3) is 0.846. The molecule has 0 spiro atoms. The number of amides is 1. The minimum absolute atomic E-state index is 0.0559. The topological polar surface area (TPSA) is 66.8 Å². The zero-order valence-electron chi connectivity index (χ0n) is 12.0. The third-order valence-electron chi connectivity index (χ3n) is 3.73. The number of carbonyl (C=O) groups excluding carboxylic acids is 1. The van der Waals surface area contributed by atoms with Crippen molar-refractivity contribution in [1.82, 2.24) is 4.90 Å². The van der Waals surface area contributed by atoms with Crippen molar-refractivity contribution in [1.29, 1.82) is 0 Å². The first-order valence-electron chi connectivity index (χ1n) is 6.63. The van der Waals surface area contributed by atoms with Crippen LogP contribution in [-0.4, -0.2) is 51.8 Å². The summed E-state index contributed by atoms with van der Waals surface area (Å²) in [6.07, 6.45) is 2.25. The number of rotatable bonds is 6. The Labute approximate surface area is 118 Å². The number of ether oxygens (including phenoxy) is 1. The van der Waals surface area contributed by atoms with Gasteiger partial charge in [0.2, 0.25) is 0 Å². The van der Waals surface area contributed by atoms with Gasteiger partial charge in [-0.2, -0.15) is 0 Å². The van der Waals surface area contributed by atoms with Gasteiger partial charge in [0.25, 0.3) is 5.91 Å². The third kappa shape index (κ3) is 3.23. The molecule has 1 N–H and O–H groups in total. The van der Waals surface area contributed by atoms with E-state index in [-0.39, 0.29) is 11.3 Å². The lowest BCUT2D eigenvalue weighted by molar-refractivity contribution is -0.162. The van der Waals surface area contributed by atoms with E-state index in [0.717, 1.165) is 12.8 Å². The van der Waals surface area contributed by atoms with Crippen LogP contribution in [0.1, 0.15) is 40.0 Å². The first-order valence-corrected chi connectivity index (χ1v) is 7.68. The van der Waals surface area contributed by atoms with Crippen LogP contribution in [0.5, 0.6) is 0 Å². The van der Waals surface area contributed by atoms with Crippen LogP contribution in [-0.2, 0) is 14.3 Å². The summed E-state index contributed by atoms with van der Waals surface area (Å²) in [7, 11) is 1.50. The van der Waals surface area contributed by atoms with Gasteiger partial charge in [0, 0.05) is 12.9 Å². The van der Waals surface area contributed by atoms with Crippen LogP contribution in [0.15, 0.2) is 0 Å². The molecule has 3 unspecified atom stereocenters. The fourth-order valence-electron chi connectivity index (χ4n) is 2.15. The molecule has 19 heavy (non-hydrogen) atoms. The van der Waals surface area contributed by atoms with Gasteiger partial charge >= 0.3 is 5.97 Å². The highest BCUT2D eigenvalue weighted by Crippen LogP contribution is 2.35. The highest BCUT2D eigenvalue weighted by molar-refractivity contribution is 8.00. The maximum absolute atomic E-state index is 12.7. The Balaban J connectivity index is 3.01. The van der Waals surface area contributed by atoms with Crippen LogP contribution in [0.2, 0.25) is 0 Å². The molecule has 5 nitrogen and oxygen atoms in total. The van der Waals surface area contributed by atoms with Gasteiger partial charge < -0.3 is 14.7 Å². The average Bonchev–Trinajstić information content (AvgIpc) is 2.81. The van der Waals surface area contributed by atoms with E-state index in [1.807, 2.05) is 13.8 Å². The molecular formula is C13H23NO4S. The molecule has 1 heterocycles. The Kier molecular flexibility index (Phi) is 5.67. The predicted molar refractivity (Wildman–Crippen MR) is 75.1 cm³/mol. The Morgan fingerprint density at radius 2 is 2.11 bits per heavy atom. The molecule has 1 saturated heterocycles. The second-order valence-corrected chi connectivity index (χ2v) is 6.14. The largest absolute Gasteiger partial charge is 0.480 e. The maximum Gasteiger partial charge on any atom is 0.327 e. The van der Waals surface area contributed by atoms with Gasteiger partial charge in [-0.05, 0) is 19.8 Å². The first kappa shape index (κ1) is 16.3. The van der Waals surface area contributed by atoms with Crippen molar-refractivity contribution < 1.29 is 19.4 Å². The normalized spacial score (nSPS) is 26.2. The molecule has 1 fully saturated rings. The minimum atomic E-state index is -0.940. The van der Waals surface area contributed by atoms with Gasteiger partial charge in [0.15, 0.2) is 0 Å². The zero-order valence-corrected chi connectivity index (χ0v) is 12.8. The number of thioether (sulfide) groups is 1. The summed E-state index contributed by atoms with van der Waals surface area (Å²) in [5.74, 6) is -0.697. The second-order valence-electron chi connectivity index (χ2n) is 4.93.